The number of rotatable bonds is 13. The maximum absolute atomic E-state index is 14.5. The van der Waals surface area contributed by atoms with Gasteiger partial charge in [-0.05, 0) is 72.5 Å². The van der Waals surface area contributed by atoms with E-state index < -0.39 is 28.5 Å². The van der Waals surface area contributed by atoms with Crippen LogP contribution in [-0.4, -0.2) is 44.3 Å². The number of hydrogen-bond donors (Lipinski definition) is 1. The van der Waals surface area contributed by atoms with Crippen LogP contribution in [0.5, 0.6) is 0 Å². The second-order valence-corrected chi connectivity index (χ2v) is 13.1. The highest BCUT2D eigenvalue weighted by molar-refractivity contribution is 7.92. The summed E-state index contributed by atoms with van der Waals surface area (Å²) >= 11 is 12.3. The number of amides is 2. The molecule has 0 aliphatic carbocycles. The van der Waals surface area contributed by atoms with Crippen LogP contribution >= 0.6 is 23.2 Å². The van der Waals surface area contributed by atoms with Gasteiger partial charge in [0.05, 0.1) is 10.6 Å². The number of carbonyl (C=O) groups excluding carboxylic acids is 2. The van der Waals surface area contributed by atoms with Crippen molar-refractivity contribution in [1.82, 2.24) is 10.2 Å². The quantitative estimate of drug-likeness (QED) is 0.175. The van der Waals surface area contributed by atoms with Crippen molar-refractivity contribution in [2.45, 2.75) is 44.2 Å². The molecule has 0 saturated carbocycles. The summed E-state index contributed by atoms with van der Waals surface area (Å²) < 4.78 is 29.1. The molecule has 0 saturated heterocycles. The smallest absolute Gasteiger partial charge is 0.264 e. The van der Waals surface area contributed by atoms with Crippen molar-refractivity contribution in [1.29, 1.82) is 0 Å². The Hall–Kier alpha value is -3.85. The molecule has 4 aromatic carbocycles. The van der Waals surface area contributed by atoms with Gasteiger partial charge in [0.2, 0.25) is 11.8 Å². The Morgan fingerprint density at radius 2 is 1.52 bits per heavy atom. The lowest BCUT2D eigenvalue weighted by molar-refractivity contribution is -0.140. The minimum absolute atomic E-state index is 0.0401. The van der Waals surface area contributed by atoms with E-state index in [1.54, 1.807) is 18.2 Å². The molecule has 4 aromatic rings. The number of halogens is 2. The Kier molecular flexibility index (Phi) is 11.4. The lowest BCUT2D eigenvalue weighted by atomic mass is 10.0. The first-order chi connectivity index (χ1) is 21.1. The summed E-state index contributed by atoms with van der Waals surface area (Å²) in [5.41, 5.74) is 2.87. The van der Waals surface area contributed by atoms with E-state index in [-0.39, 0.29) is 29.5 Å². The van der Waals surface area contributed by atoms with Crippen LogP contribution in [-0.2, 0) is 32.6 Å². The van der Waals surface area contributed by atoms with Crippen LogP contribution in [0, 0.1) is 6.92 Å². The second-order valence-electron chi connectivity index (χ2n) is 10.4. The maximum atomic E-state index is 14.5. The van der Waals surface area contributed by atoms with Crippen LogP contribution in [0.4, 0.5) is 5.69 Å². The standard InChI is InChI=1S/C34H35Cl2N3O4S/c1-3-20-37-34(41)32(21-26-11-5-4-6-12-26)38(23-27-13-8-7-10-25(27)2)33(40)24-39(30-15-9-14-29(36)22-30)44(42,43)31-18-16-28(35)17-19-31/h4-19,22,32H,3,20-21,23-24H2,1-2H3,(H,37,41)/t32-/m0/s1. The van der Waals surface area contributed by atoms with Crippen molar-refractivity contribution in [2.75, 3.05) is 17.4 Å². The van der Waals surface area contributed by atoms with Gasteiger partial charge in [-0.3, -0.25) is 13.9 Å². The molecule has 0 radical (unpaired) electrons. The van der Waals surface area contributed by atoms with Crippen LogP contribution in [0.1, 0.15) is 30.0 Å². The molecule has 44 heavy (non-hydrogen) atoms. The van der Waals surface area contributed by atoms with Gasteiger partial charge in [0.1, 0.15) is 12.6 Å². The Morgan fingerprint density at radius 1 is 0.841 bits per heavy atom. The summed E-state index contributed by atoms with van der Waals surface area (Å²) in [5, 5.41) is 3.63. The fourth-order valence-electron chi connectivity index (χ4n) is 4.78. The minimum atomic E-state index is -4.25. The summed E-state index contributed by atoms with van der Waals surface area (Å²) in [7, 11) is -4.25. The van der Waals surface area contributed by atoms with Gasteiger partial charge in [-0.2, -0.15) is 0 Å². The minimum Gasteiger partial charge on any atom is -0.354 e. The summed E-state index contributed by atoms with van der Waals surface area (Å²) in [6, 6.07) is 28.2. The van der Waals surface area contributed by atoms with Crippen LogP contribution in [0.3, 0.4) is 0 Å². The van der Waals surface area contributed by atoms with Crippen LogP contribution in [0.2, 0.25) is 10.0 Å². The van der Waals surface area contributed by atoms with E-state index in [0.717, 1.165) is 27.4 Å². The molecule has 230 valence electrons. The van der Waals surface area contributed by atoms with Gasteiger partial charge < -0.3 is 10.2 Å². The van der Waals surface area contributed by atoms with E-state index in [2.05, 4.69) is 5.32 Å². The molecule has 0 spiro atoms. The zero-order chi connectivity index (χ0) is 31.7. The number of nitrogens with one attached hydrogen (secondary N) is 1. The van der Waals surface area contributed by atoms with Crippen LogP contribution in [0.25, 0.3) is 0 Å². The van der Waals surface area contributed by atoms with Gasteiger partial charge in [-0.25, -0.2) is 8.42 Å². The first kappa shape index (κ1) is 33.1. The van der Waals surface area contributed by atoms with E-state index in [0.29, 0.717) is 16.6 Å². The molecule has 0 aliphatic rings. The Balaban J connectivity index is 1.80. The largest absolute Gasteiger partial charge is 0.354 e. The average Bonchev–Trinajstić information content (AvgIpc) is 3.01. The highest BCUT2D eigenvalue weighted by Gasteiger charge is 2.34. The molecule has 1 atom stereocenters. The number of benzene rings is 4. The molecule has 0 bridgehead atoms. The zero-order valence-corrected chi connectivity index (χ0v) is 26.9. The molecule has 0 heterocycles. The fourth-order valence-corrected chi connectivity index (χ4v) is 6.50. The van der Waals surface area contributed by atoms with Crippen molar-refractivity contribution >= 4 is 50.7 Å². The topological polar surface area (TPSA) is 86.8 Å². The lowest BCUT2D eigenvalue weighted by Gasteiger charge is -2.34. The molecule has 0 aliphatic heterocycles. The SMILES string of the molecule is CCCNC(=O)[C@H](Cc1ccccc1)N(Cc1ccccc1C)C(=O)CN(c1cccc(Cl)c1)S(=O)(=O)c1ccc(Cl)cc1. The lowest BCUT2D eigenvalue weighted by Crippen LogP contribution is -2.53. The highest BCUT2D eigenvalue weighted by Crippen LogP contribution is 2.28. The van der Waals surface area contributed by atoms with Gasteiger partial charge in [0, 0.05) is 29.6 Å². The van der Waals surface area contributed by atoms with Crippen LogP contribution < -0.4 is 9.62 Å². The molecule has 2 amide bonds. The third-order valence-electron chi connectivity index (χ3n) is 7.20. The summed E-state index contributed by atoms with van der Waals surface area (Å²) in [6.45, 7) is 3.87. The number of hydrogen-bond acceptors (Lipinski definition) is 4. The Labute approximate surface area is 269 Å². The van der Waals surface area contributed by atoms with Gasteiger partial charge in [-0.1, -0.05) is 90.8 Å². The molecule has 10 heteroatoms. The van der Waals surface area contributed by atoms with E-state index in [1.165, 1.54) is 35.2 Å². The van der Waals surface area contributed by atoms with E-state index in [4.69, 9.17) is 23.2 Å². The van der Waals surface area contributed by atoms with Crippen molar-refractivity contribution in [3.8, 4) is 0 Å². The normalized spacial score (nSPS) is 11.9. The first-order valence-corrected chi connectivity index (χ1v) is 16.5. The monoisotopic (exact) mass is 651 g/mol. The molecule has 4 rings (SSSR count). The zero-order valence-electron chi connectivity index (χ0n) is 24.6. The number of aryl methyl sites for hydroxylation is 1. The van der Waals surface area contributed by atoms with E-state index in [9.17, 15) is 18.0 Å². The maximum Gasteiger partial charge on any atom is 0.264 e. The van der Waals surface area contributed by atoms with E-state index >= 15 is 0 Å². The Bertz CT molecular complexity index is 1680. The number of carbonyl (C=O) groups is 2. The second kappa shape index (κ2) is 15.2. The molecule has 0 aromatic heterocycles. The van der Waals surface area contributed by atoms with Crippen molar-refractivity contribution < 1.29 is 18.0 Å². The molecular weight excluding hydrogens is 617 g/mol. The van der Waals surface area contributed by atoms with Crippen molar-refractivity contribution in [3.63, 3.8) is 0 Å². The highest BCUT2D eigenvalue weighted by atomic mass is 35.5. The van der Waals surface area contributed by atoms with Crippen LogP contribution in [0.15, 0.2) is 108 Å². The number of sulfonamides is 1. The summed E-state index contributed by atoms with van der Waals surface area (Å²) in [4.78, 5) is 29.6. The van der Waals surface area contributed by atoms with Gasteiger partial charge in [-0.15, -0.1) is 0 Å². The van der Waals surface area contributed by atoms with Gasteiger partial charge in [0.25, 0.3) is 10.0 Å². The fraction of sp³-hybridized carbons (Fsp3) is 0.235. The third-order valence-corrected chi connectivity index (χ3v) is 9.47. The Morgan fingerprint density at radius 3 is 2.18 bits per heavy atom. The van der Waals surface area contributed by atoms with Crippen molar-refractivity contribution in [2.24, 2.45) is 0 Å². The third kappa shape index (κ3) is 8.40. The number of nitrogens with zero attached hydrogens (tertiary/aromatic N) is 2. The molecular formula is C34H35Cl2N3O4S. The van der Waals surface area contributed by atoms with E-state index in [1.807, 2.05) is 68.4 Å². The predicted octanol–water partition coefficient (Wildman–Crippen LogP) is 6.66. The average molecular weight is 653 g/mol. The van der Waals surface area contributed by atoms with Crippen molar-refractivity contribution in [3.05, 3.63) is 130 Å². The predicted molar refractivity (Wildman–Crippen MR) is 176 cm³/mol. The molecule has 0 unspecified atom stereocenters. The number of anilines is 1. The summed E-state index contributed by atoms with van der Waals surface area (Å²) in [5.74, 6) is -0.856. The molecule has 7 nitrogen and oxygen atoms in total. The summed E-state index contributed by atoms with van der Waals surface area (Å²) in [6.07, 6.45) is 0.965. The van der Waals surface area contributed by atoms with Gasteiger partial charge >= 0.3 is 0 Å². The van der Waals surface area contributed by atoms with Gasteiger partial charge in [0.15, 0.2) is 0 Å². The molecule has 0 fully saturated rings. The molecule has 1 N–H and O–H groups in total. The first-order valence-electron chi connectivity index (χ1n) is 14.3.